The lowest BCUT2D eigenvalue weighted by Crippen LogP contribution is -2.37. The molecule has 0 aromatic carbocycles. The fourth-order valence-corrected chi connectivity index (χ4v) is 0.958. The molecule has 2 atom stereocenters. The largest absolute Gasteiger partial charge is 0.390 e. The Kier molecular flexibility index (Phi) is 5.18. The Hall–Kier alpha value is -0.340. The number of allylic oxidation sites excluding steroid dienone is 1. The molecule has 0 saturated heterocycles. The summed E-state index contributed by atoms with van der Waals surface area (Å²) in [7, 11) is 0. The molecule has 0 spiro atoms. The van der Waals surface area contributed by atoms with Gasteiger partial charge in [-0.2, -0.15) is 0 Å². The Labute approximate surface area is 74.9 Å². The maximum absolute atomic E-state index is 9.77. The van der Waals surface area contributed by atoms with Crippen molar-refractivity contribution in [2.24, 2.45) is 0 Å². The summed E-state index contributed by atoms with van der Waals surface area (Å²) in [5.41, 5.74) is -1.06. The maximum atomic E-state index is 9.77. The molecule has 0 aromatic rings. The normalized spacial score (nSPS) is 19.4. The number of unbranched alkanes of at least 4 members (excludes halogenated alkanes) is 1. The number of hydrogen-bond acceptors (Lipinski definition) is 2. The molecule has 0 rings (SSSR count). The molecule has 12 heavy (non-hydrogen) atoms. The molecule has 2 unspecified atom stereocenters. The summed E-state index contributed by atoms with van der Waals surface area (Å²) < 4.78 is 0. The van der Waals surface area contributed by atoms with Gasteiger partial charge in [0.15, 0.2) is 0 Å². The highest BCUT2D eigenvalue weighted by molar-refractivity contribution is 5.03. The van der Waals surface area contributed by atoms with Crippen LogP contribution in [-0.4, -0.2) is 21.9 Å². The van der Waals surface area contributed by atoms with Gasteiger partial charge in [-0.05, 0) is 26.2 Å². The van der Waals surface area contributed by atoms with Crippen LogP contribution in [0.5, 0.6) is 0 Å². The van der Waals surface area contributed by atoms with Crippen molar-refractivity contribution in [3.05, 3.63) is 19.1 Å². The Morgan fingerprint density at radius 3 is 2.50 bits per heavy atom. The lowest BCUT2D eigenvalue weighted by molar-refractivity contribution is -0.0316. The van der Waals surface area contributed by atoms with Crippen LogP contribution in [0, 0.1) is 6.92 Å². The smallest absolute Gasteiger partial charge is 0.108 e. The van der Waals surface area contributed by atoms with Crippen molar-refractivity contribution < 1.29 is 10.2 Å². The van der Waals surface area contributed by atoms with Gasteiger partial charge in [0.1, 0.15) is 5.60 Å². The second-order valence-corrected chi connectivity index (χ2v) is 3.07. The Bertz CT molecular complexity index is 141. The van der Waals surface area contributed by atoms with Crippen molar-refractivity contribution in [1.29, 1.82) is 0 Å². The zero-order valence-corrected chi connectivity index (χ0v) is 7.95. The highest BCUT2D eigenvalue weighted by atomic mass is 16.3. The van der Waals surface area contributed by atoms with E-state index < -0.39 is 11.7 Å². The van der Waals surface area contributed by atoms with E-state index in [-0.39, 0.29) is 0 Å². The minimum absolute atomic E-state index is 0.526. The molecule has 2 nitrogen and oxygen atoms in total. The Morgan fingerprint density at radius 1 is 1.58 bits per heavy atom. The zero-order chi connectivity index (χ0) is 9.61. The van der Waals surface area contributed by atoms with E-state index in [9.17, 15) is 10.2 Å². The van der Waals surface area contributed by atoms with E-state index in [4.69, 9.17) is 0 Å². The van der Waals surface area contributed by atoms with Gasteiger partial charge < -0.3 is 10.2 Å². The Morgan fingerprint density at radius 2 is 2.17 bits per heavy atom. The summed E-state index contributed by atoms with van der Waals surface area (Å²) in [6.45, 7) is 7.12. The van der Waals surface area contributed by atoms with E-state index in [1.807, 2.05) is 13.0 Å². The average Bonchev–Trinajstić information content (AvgIpc) is 2.04. The van der Waals surface area contributed by atoms with Crippen molar-refractivity contribution in [2.75, 3.05) is 0 Å². The summed E-state index contributed by atoms with van der Waals surface area (Å²) in [5.74, 6) is 0. The molecule has 0 amide bonds. The molecule has 1 radical (unpaired) electrons. The molecule has 0 fully saturated rings. The van der Waals surface area contributed by atoms with Crippen molar-refractivity contribution in [2.45, 2.75) is 44.8 Å². The van der Waals surface area contributed by atoms with Gasteiger partial charge >= 0.3 is 0 Å². The average molecular weight is 171 g/mol. The molecule has 0 bridgehead atoms. The van der Waals surface area contributed by atoms with Gasteiger partial charge in [-0.25, -0.2) is 0 Å². The van der Waals surface area contributed by atoms with E-state index in [2.05, 4.69) is 6.92 Å². The van der Waals surface area contributed by atoms with Crippen LogP contribution in [0.2, 0.25) is 0 Å². The maximum Gasteiger partial charge on any atom is 0.108 e. The molecule has 0 heterocycles. The van der Waals surface area contributed by atoms with Gasteiger partial charge in [0.2, 0.25) is 0 Å². The minimum Gasteiger partial charge on any atom is -0.390 e. The molecule has 0 aromatic heterocycles. The molecule has 0 aliphatic carbocycles. The van der Waals surface area contributed by atoms with Crippen LogP contribution in [0.4, 0.5) is 0 Å². The van der Waals surface area contributed by atoms with E-state index in [0.717, 1.165) is 12.8 Å². The summed E-state index contributed by atoms with van der Waals surface area (Å²) in [5, 5.41) is 19.0. The summed E-state index contributed by atoms with van der Waals surface area (Å²) in [6, 6.07) is 0. The molecule has 2 N–H and O–H groups in total. The first-order valence-electron chi connectivity index (χ1n) is 4.44. The zero-order valence-electron chi connectivity index (χ0n) is 7.95. The van der Waals surface area contributed by atoms with Crippen molar-refractivity contribution in [3.8, 4) is 0 Å². The van der Waals surface area contributed by atoms with E-state index in [0.29, 0.717) is 6.42 Å². The molecule has 0 aliphatic rings. The summed E-state index contributed by atoms with van der Waals surface area (Å²) in [6.07, 6.45) is 5.00. The van der Waals surface area contributed by atoms with Crippen LogP contribution in [-0.2, 0) is 0 Å². The monoisotopic (exact) mass is 171 g/mol. The standard InChI is InChI=1S/C10H19O2/c1-4-6-7-8-10(12,5-2)9(3)11/h7-9,11-12H,1,4-6H2,2-3H3. The van der Waals surface area contributed by atoms with Gasteiger partial charge in [-0.15, -0.1) is 0 Å². The van der Waals surface area contributed by atoms with Gasteiger partial charge in [-0.3, -0.25) is 0 Å². The van der Waals surface area contributed by atoms with Gasteiger partial charge in [0, 0.05) is 0 Å². The SMILES string of the molecule is [CH2]CCC=CC(O)(CC)C(C)O. The number of aliphatic hydroxyl groups is 2. The van der Waals surface area contributed by atoms with E-state index >= 15 is 0 Å². The third-order valence-electron chi connectivity index (χ3n) is 2.07. The molecule has 0 aliphatic heterocycles. The van der Waals surface area contributed by atoms with E-state index in [1.165, 1.54) is 0 Å². The van der Waals surface area contributed by atoms with Crippen LogP contribution in [0.15, 0.2) is 12.2 Å². The molecular weight excluding hydrogens is 152 g/mol. The third-order valence-corrected chi connectivity index (χ3v) is 2.07. The predicted octanol–water partition coefficient (Wildman–Crippen LogP) is 1.68. The van der Waals surface area contributed by atoms with Gasteiger partial charge in [0.05, 0.1) is 6.10 Å². The van der Waals surface area contributed by atoms with Crippen LogP contribution >= 0.6 is 0 Å². The summed E-state index contributed by atoms with van der Waals surface area (Å²) >= 11 is 0. The van der Waals surface area contributed by atoms with Gasteiger partial charge in [-0.1, -0.05) is 26.0 Å². The van der Waals surface area contributed by atoms with Gasteiger partial charge in [0.25, 0.3) is 0 Å². The van der Waals surface area contributed by atoms with Crippen molar-refractivity contribution >= 4 is 0 Å². The first-order valence-corrected chi connectivity index (χ1v) is 4.44. The number of rotatable bonds is 5. The first kappa shape index (κ1) is 11.7. The number of aliphatic hydroxyl groups excluding tert-OH is 1. The lowest BCUT2D eigenvalue weighted by atomic mass is 9.94. The molecule has 71 valence electrons. The van der Waals surface area contributed by atoms with Crippen LogP contribution < -0.4 is 0 Å². The second-order valence-electron chi connectivity index (χ2n) is 3.07. The van der Waals surface area contributed by atoms with Crippen LogP contribution in [0.1, 0.15) is 33.1 Å². The molecular formula is C10H19O2. The van der Waals surface area contributed by atoms with Crippen molar-refractivity contribution in [1.82, 2.24) is 0 Å². The Balaban J connectivity index is 4.13. The topological polar surface area (TPSA) is 40.5 Å². The fraction of sp³-hybridized carbons (Fsp3) is 0.700. The minimum atomic E-state index is -1.06. The van der Waals surface area contributed by atoms with E-state index in [1.54, 1.807) is 13.0 Å². The lowest BCUT2D eigenvalue weighted by Gasteiger charge is -2.26. The number of hydrogen-bond donors (Lipinski definition) is 2. The highest BCUT2D eigenvalue weighted by Crippen LogP contribution is 2.17. The summed E-state index contributed by atoms with van der Waals surface area (Å²) in [4.78, 5) is 0. The van der Waals surface area contributed by atoms with Crippen LogP contribution in [0.3, 0.4) is 0 Å². The highest BCUT2D eigenvalue weighted by Gasteiger charge is 2.26. The first-order chi connectivity index (χ1) is 5.56. The quantitative estimate of drug-likeness (QED) is 0.618. The molecule has 2 heteroatoms. The third kappa shape index (κ3) is 3.37. The molecule has 0 saturated carbocycles. The fourth-order valence-electron chi connectivity index (χ4n) is 0.958. The van der Waals surface area contributed by atoms with Crippen LogP contribution in [0.25, 0.3) is 0 Å². The van der Waals surface area contributed by atoms with Crippen molar-refractivity contribution in [3.63, 3.8) is 0 Å². The second kappa shape index (κ2) is 5.33. The predicted molar refractivity (Wildman–Crippen MR) is 50.7 cm³/mol.